The van der Waals surface area contributed by atoms with Gasteiger partial charge in [0.05, 0.1) is 24.1 Å². The molecule has 0 unspecified atom stereocenters. The van der Waals surface area contributed by atoms with Crippen LogP contribution in [0.25, 0.3) is 0 Å². The SMILES string of the molecule is COc1cccc(C(=O)N[C@H]2CCCC[C@@H]2n2cccn2)c1[N+](=O)[O-]. The Morgan fingerprint density at radius 2 is 2.16 bits per heavy atom. The summed E-state index contributed by atoms with van der Waals surface area (Å²) in [6.07, 6.45) is 7.38. The molecule has 1 amide bonds. The minimum atomic E-state index is -0.584. The molecule has 25 heavy (non-hydrogen) atoms. The lowest BCUT2D eigenvalue weighted by Crippen LogP contribution is -2.43. The van der Waals surface area contributed by atoms with Crippen molar-refractivity contribution in [3.8, 4) is 5.75 Å². The number of para-hydroxylation sites is 1. The van der Waals surface area contributed by atoms with Gasteiger partial charge >= 0.3 is 5.69 Å². The molecule has 1 saturated carbocycles. The Labute approximate surface area is 144 Å². The van der Waals surface area contributed by atoms with Gasteiger partial charge in [-0.15, -0.1) is 0 Å². The van der Waals surface area contributed by atoms with E-state index in [1.165, 1.54) is 19.2 Å². The van der Waals surface area contributed by atoms with Gasteiger partial charge in [-0.25, -0.2) is 0 Å². The van der Waals surface area contributed by atoms with Gasteiger partial charge in [-0.1, -0.05) is 18.9 Å². The van der Waals surface area contributed by atoms with Crippen molar-refractivity contribution in [2.24, 2.45) is 0 Å². The Bertz CT molecular complexity index is 760. The molecule has 1 aliphatic carbocycles. The number of ether oxygens (including phenoxy) is 1. The van der Waals surface area contributed by atoms with Gasteiger partial charge in [0, 0.05) is 12.4 Å². The number of hydrogen-bond acceptors (Lipinski definition) is 5. The van der Waals surface area contributed by atoms with Crippen LogP contribution in [0.15, 0.2) is 36.7 Å². The lowest BCUT2D eigenvalue weighted by Gasteiger charge is -2.32. The quantitative estimate of drug-likeness (QED) is 0.664. The van der Waals surface area contributed by atoms with E-state index in [0.29, 0.717) is 0 Å². The van der Waals surface area contributed by atoms with Crippen LogP contribution in [0.1, 0.15) is 42.1 Å². The van der Waals surface area contributed by atoms with E-state index < -0.39 is 10.8 Å². The molecular weight excluding hydrogens is 324 g/mol. The molecule has 0 bridgehead atoms. The van der Waals surface area contributed by atoms with Gasteiger partial charge in [-0.3, -0.25) is 19.6 Å². The van der Waals surface area contributed by atoms with Gasteiger partial charge in [0.1, 0.15) is 5.56 Å². The third-order valence-electron chi connectivity index (χ3n) is 4.56. The normalized spacial score (nSPS) is 20.0. The first-order valence-corrected chi connectivity index (χ1v) is 8.23. The summed E-state index contributed by atoms with van der Waals surface area (Å²) in [6, 6.07) is 6.28. The molecule has 1 aromatic carbocycles. The number of hydrogen-bond donors (Lipinski definition) is 1. The molecule has 0 radical (unpaired) electrons. The second-order valence-electron chi connectivity index (χ2n) is 6.03. The number of benzene rings is 1. The van der Waals surface area contributed by atoms with Gasteiger partial charge in [0.25, 0.3) is 5.91 Å². The minimum absolute atomic E-state index is 0.00846. The van der Waals surface area contributed by atoms with Crippen molar-refractivity contribution in [2.45, 2.75) is 37.8 Å². The number of carbonyl (C=O) groups is 1. The number of amides is 1. The van der Waals surface area contributed by atoms with Crippen LogP contribution in [0.3, 0.4) is 0 Å². The van der Waals surface area contributed by atoms with Crippen LogP contribution >= 0.6 is 0 Å². The molecule has 0 saturated heterocycles. The molecule has 0 aliphatic heterocycles. The molecule has 132 valence electrons. The maximum absolute atomic E-state index is 12.7. The first kappa shape index (κ1) is 16.9. The first-order valence-electron chi connectivity index (χ1n) is 8.23. The van der Waals surface area contributed by atoms with Crippen LogP contribution in [0.5, 0.6) is 5.75 Å². The van der Waals surface area contributed by atoms with Crippen molar-refractivity contribution in [1.29, 1.82) is 0 Å². The highest BCUT2D eigenvalue weighted by molar-refractivity contribution is 5.99. The number of rotatable bonds is 5. The predicted octanol–water partition coefficient (Wildman–Crippen LogP) is 2.71. The summed E-state index contributed by atoms with van der Waals surface area (Å²) in [5.74, 6) is -0.389. The van der Waals surface area contributed by atoms with Crippen LogP contribution in [-0.2, 0) is 0 Å². The second kappa shape index (κ2) is 7.33. The zero-order chi connectivity index (χ0) is 17.8. The summed E-state index contributed by atoms with van der Waals surface area (Å²) in [5.41, 5.74) is -0.303. The Morgan fingerprint density at radius 3 is 2.84 bits per heavy atom. The van der Waals surface area contributed by atoms with Crippen molar-refractivity contribution in [2.75, 3.05) is 7.11 Å². The fourth-order valence-electron chi connectivity index (χ4n) is 3.38. The van der Waals surface area contributed by atoms with Crippen molar-refractivity contribution in [3.05, 3.63) is 52.3 Å². The number of nitro groups is 1. The maximum atomic E-state index is 12.7. The smallest absolute Gasteiger partial charge is 0.323 e. The van der Waals surface area contributed by atoms with Crippen LogP contribution in [-0.4, -0.2) is 33.8 Å². The number of methoxy groups -OCH3 is 1. The molecule has 8 heteroatoms. The Balaban J connectivity index is 1.85. The Kier molecular flexibility index (Phi) is 4.97. The standard InChI is InChI=1S/C17H20N4O4/c1-25-15-9-4-6-12(16(15)21(23)24)17(22)19-13-7-2-3-8-14(13)20-11-5-10-18-20/h4-6,9-11,13-14H,2-3,7-8H2,1H3,(H,19,22)/t13-,14-/m0/s1. The summed E-state index contributed by atoms with van der Waals surface area (Å²) in [5, 5.41) is 18.6. The average molecular weight is 344 g/mol. The summed E-state index contributed by atoms with van der Waals surface area (Å²) in [6.45, 7) is 0. The summed E-state index contributed by atoms with van der Waals surface area (Å²) < 4.78 is 6.88. The topological polar surface area (TPSA) is 99.3 Å². The molecule has 0 spiro atoms. The number of nitrogens with one attached hydrogen (secondary N) is 1. The molecule has 1 N–H and O–H groups in total. The van der Waals surface area contributed by atoms with E-state index in [2.05, 4.69) is 10.4 Å². The second-order valence-corrected chi connectivity index (χ2v) is 6.03. The highest BCUT2D eigenvalue weighted by atomic mass is 16.6. The van der Waals surface area contributed by atoms with E-state index in [9.17, 15) is 14.9 Å². The molecular formula is C17H20N4O4. The van der Waals surface area contributed by atoms with Crippen LogP contribution < -0.4 is 10.1 Å². The number of aromatic nitrogens is 2. The number of nitro benzene ring substituents is 1. The molecule has 2 atom stereocenters. The van der Waals surface area contributed by atoms with Crippen molar-refractivity contribution in [1.82, 2.24) is 15.1 Å². The number of carbonyl (C=O) groups excluding carboxylic acids is 1. The highest BCUT2D eigenvalue weighted by Crippen LogP contribution is 2.32. The van der Waals surface area contributed by atoms with Crippen molar-refractivity contribution >= 4 is 11.6 Å². The van der Waals surface area contributed by atoms with Gasteiger partial charge in [-0.05, 0) is 31.0 Å². The Morgan fingerprint density at radius 1 is 1.36 bits per heavy atom. The fourth-order valence-corrected chi connectivity index (χ4v) is 3.38. The zero-order valence-electron chi connectivity index (χ0n) is 13.9. The molecule has 1 aliphatic rings. The van der Waals surface area contributed by atoms with E-state index in [4.69, 9.17) is 4.74 Å². The van der Waals surface area contributed by atoms with E-state index in [0.717, 1.165) is 25.7 Å². The molecule has 8 nitrogen and oxygen atoms in total. The minimum Gasteiger partial charge on any atom is -0.490 e. The van der Waals surface area contributed by atoms with Gasteiger partial charge in [0.15, 0.2) is 5.75 Å². The summed E-state index contributed by atoms with van der Waals surface area (Å²) >= 11 is 0. The fraction of sp³-hybridized carbons (Fsp3) is 0.412. The van der Waals surface area contributed by atoms with Gasteiger partial charge < -0.3 is 10.1 Å². The molecule has 1 aromatic heterocycles. The molecule has 3 rings (SSSR count). The maximum Gasteiger partial charge on any atom is 0.323 e. The zero-order valence-corrected chi connectivity index (χ0v) is 13.9. The lowest BCUT2D eigenvalue weighted by atomic mass is 9.90. The van der Waals surface area contributed by atoms with Gasteiger partial charge in [-0.2, -0.15) is 5.10 Å². The highest BCUT2D eigenvalue weighted by Gasteiger charge is 2.31. The van der Waals surface area contributed by atoms with Crippen molar-refractivity contribution < 1.29 is 14.5 Å². The third kappa shape index (κ3) is 3.47. The largest absolute Gasteiger partial charge is 0.490 e. The van der Waals surface area contributed by atoms with E-state index in [1.807, 2.05) is 16.9 Å². The van der Waals surface area contributed by atoms with E-state index >= 15 is 0 Å². The van der Waals surface area contributed by atoms with Gasteiger partial charge in [0.2, 0.25) is 0 Å². The monoisotopic (exact) mass is 344 g/mol. The first-order chi connectivity index (χ1) is 12.1. The van der Waals surface area contributed by atoms with E-state index in [-0.39, 0.29) is 29.1 Å². The molecule has 1 heterocycles. The predicted molar refractivity (Wildman–Crippen MR) is 90.6 cm³/mol. The van der Waals surface area contributed by atoms with Crippen LogP contribution in [0, 0.1) is 10.1 Å². The van der Waals surface area contributed by atoms with Crippen LogP contribution in [0.2, 0.25) is 0 Å². The third-order valence-corrected chi connectivity index (χ3v) is 4.56. The molecule has 2 aromatic rings. The number of nitrogens with zero attached hydrogens (tertiary/aromatic N) is 3. The van der Waals surface area contributed by atoms with E-state index in [1.54, 1.807) is 12.3 Å². The summed E-state index contributed by atoms with van der Waals surface area (Å²) in [7, 11) is 1.35. The average Bonchev–Trinajstić information content (AvgIpc) is 3.15. The van der Waals surface area contributed by atoms with Crippen molar-refractivity contribution in [3.63, 3.8) is 0 Å². The molecule has 1 fully saturated rings. The summed E-state index contributed by atoms with van der Waals surface area (Å²) in [4.78, 5) is 23.5. The Hall–Kier alpha value is -2.90. The van der Waals surface area contributed by atoms with Crippen LogP contribution in [0.4, 0.5) is 5.69 Å². The lowest BCUT2D eigenvalue weighted by molar-refractivity contribution is -0.386.